The summed E-state index contributed by atoms with van der Waals surface area (Å²) >= 11 is 1.78. The first kappa shape index (κ1) is 20.2. The molecule has 2 fully saturated rings. The van der Waals surface area contributed by atoms with E-state index in [-0.39, 0.29) is 11.9 Å². The first-order valence-electron chi connectivity index (χ1n) is 10.6. The minimum absolute atomic E-state index is 0.186. The summed E-state index contributed by atoms with van der Waals surface area (Å²) in [5.74, 6) is -0.186. The van der Waals surface area contributed by atoms with E-state index in [1.54, 1.807) is 18.3 Å². The van der Waals surface area contributed by atoms with Crippen molar-refractivity contribution in [2.45, 2.75) is 19.0 Å². The van der Waals surface area contributed by atoms with Crippen LogP contribution < -0.4 is 5.32 Å². The summed E-state index contributed by atoms with van der Waals surface area (Å²) in [6.45, 7) is 6.66. The molecule has 0 radical (unpaired) electrons. The van der Waals surface area contributed by atoms with Crippen LogP contribution in [-0.4, -0.2) is 59.5 Å². The van der Waals surface area contributed by atoms with Crippen LogP contribution in [0.3, 0.4) is 0 Å². The van der Waals surface area contributed by atoms with Gasteiger partial charge in [-0.2, -0.15) is 0 Å². The van der Waals surface area contributed by atoms with Gasteiger partial charge in [-0.3, -0.25) is 14.6 Å². The number of rotatable bonds is 5. The van der Waals surface area contributed by atoms with E-state index in [4.69, 9.17) is 0 Å². The summed E-state index contributed by atoms with van der Waals surface area (Å²) in [4.78, 5) is 33.4. The Morgan fingerprint density at radius 3 is 2.42 bits per heavy atom. The highest BCUT2D eigenvalue weighted by atomic mass is 32.1. The highest BCUT2D eigenvalue weighted by Gasteiger charge is 2.49. The Labute approximate surface area is 186 Å². The van der Waals surface area contributed by atoms with Crippen molar-refractivity contribution >= 4 is 34.0 Å². The maximum atomic E-state index is 13.3. The van der Waals surface area contributed by atoms with Gasteiger partial charge in [-0.1, -0.05) is 42.5 Å². The minimum Gasteiger partial charge on any atom is -0.319 e. The molecule has 2 aliphatic heterocycles. The zero-order valence-corrected chi connectivity index (χ0v) is 18.4. The zero-order chi connectivity index (χ0) is 21.4. The molecule has 1 unspecified atom stereocenters. The van der Waals surface area contributed by atoms with E-state index in [0.717, 1.165) is 49.1 Å². The molecule has 31 heavy (non-hydrogen) atoms. The van der Waals surface area contributed by atoms with Gasteiger partial charge in [0, 0.05) is 37.6 Å². The number of nitrogens with zero attached hydrogens (tertiary/aromatic N) is 3. The Balaban J connectivity index is 1.26. The SMILES string of the molecule is CC1(c2ccc3ccccc3c2)NC(=O)N(CN2CCN(Cc3cccs3)CC2)C1=O. The number of nitrogens with one attached hydrogen (secondary N) is 1. The van der Waals surface area contributed by atoms with E-state index in [9.17, 15) is 9.59 Å². The standard InChI is InChI=1S/C24H26N4O2S/c1-24(20-9-8-18-5-2-3-6-19(18)15-20)22(29)28(23(30)25-24)17-27-12-10-26(11-13-27)16-21-7-4-14-31-21/h2-9,14-15H,10-13,16-17H2,1H3,(H,25,30). The molecule has 0 spiro atoms. The molecule has 3 amide bonds. The van der Waals surface area contributed by atoms with Crippen LogP contribution in [-0.2, 0) is 16.9 Å². The second kappa shape index (κ2) is 8.07. The van der Waals surface area contributed by atoms with Crippen molar-refractivity contribution in [2.75, 3.05) is 32.8 Å². The lowest BCUT2D eigenvalue weighted by atomic mass is 9.90. The summed E-state index contributed by atoms with van der Waals surface area (Å²) in [5, 5.41) is 7.22. The summed E-state index contributed by atoms with van der Waals surface area (Å²) in [6, 6.07) is 17.9. The van der Waals surface area contributed by atoms with Gasteiger partial charge in [0.2, 0.25) is 0 Å². The minimum atomic E-state index is -1.04. The maximum absolute atomic E-state index is 13.3. The number of imide groups is 1. The fourth-order valence-corrected chi connectivity index (χ4v) is 5.18. The molecule has 3 aromatic rings. The molecule has 6 nitrogen and oxygen atoms in total. The molecule has 0 bridgehead atoms. The maximum Gasteiger partial charge on any atom is 0.326 e. The topological polar surface area (TPSA) is 55.9 Å². The smallest absolute Gasteiger partial charge is 0.319 e. The van der Waals surface area contributed by atoms with Gasteiger partial charge in [0.1, 0.15) is 5.54 Å². The van der Waals surface area contributed by atoms with Crippen LogP contribution >= 0.6 is 11.3 Å². The Morgan fingerprint density at radius 1 is 0.935 bits per heavy atom. The Bertz CT molecular complexity index is 1110. The summed E-state index contributed by atoms with van der Waals surface area (Å²) in [7, 11) is 0. The van der Waals surface area contributed by atoms with Crippen molar-refractivity contribution in [3.63, 3.8) is 0 Å². The number of hydrogen-bond acceptors (Lipinski definition) is 5. The summed E-state index contributed by atoms with van der Waals surface area (Å²) in [6.07, 6.45) is 0. The molecule has 2 aromatic carbocycles. The average molecular weight is 435 g/mol. The Kier molecular flexibility index (Phi) is 5.25. The second-order valence-corrected chi connectivity index (χ2v) is 9.50. The summed E-state index contributed by atoms with van der Waals surface area (Å²) < 4.78 is 0. The number of fused-ring (bicyclic) bond motifs is 1. The number of carbonyl (C=O) groups is 2. The quantitative estimate of drug-likeness (QED) is 0.625. The third-order valence-corrected chi connectivity index (χ3v) is 7.23. The van der Waals surface area contributed by atoms with Gasteiger partial charge in [-0.05, 0) is 40.8 Å². The van der Waals surface area contributed by atoms with E-state index in [2.05, 4.69) is 32.6 Å². The number of carbonyl (C=O) groups excluding carboxylic acids is 2. The molecule has 0 aliphatic carbocycles. The Hall–Kier alpha value is -2.74. The van der Waals surface area contributed by atoms with E-state index in [1.807, 2.05) is 42.5 Å². The highest BCUT2D eigenvalue weighted by Crippen LogP contribution is 2.31. The van der Waals surface area contributed by atoms with Crippen molar-refractivity contribution in [1.82, 2.24) is 20.0 Å². The summed E-state index contributed by atoms with van der Waals surface area (Å²) in [5.41, 5.74) is -0.227. The van der Waals surface area contributed by atoms with Crippen LogP contribution in [0.1, 0.15) is 17.4 Å². The molecule has 160 valence electrons. The van der Waals surface area contributed by atoms with Gasteiger partial charge < -0.3 is 5.32 Å². The van der Waals surface area contributed by atoms with Crippen LogP contribution in [0.25, 0.3) is 10.8 Å². The first-order chi connectivity index (χ1) is 15.0. The van der Waals surface area contributed by atoms with Gasteiger partial charge in [0.05, 0.1) is 6.67 Å². The van der Waals surface area contributed by atoms with Gasteiger partial charge >= 0.3 is 6.03 Å². The fraction of sp³-hybridized carbons (Fsp3) is 0.333. The molecule has 0 saturated carbocycles. The molecule has 1 aromatic heterocycles. The number of thiophene rings is 1. The third-order valence-electron chi connectivity index (χ3n) is 6.37. The van der Waals surface area contributed by atoms with Crippen molar-refractivity contribution in [2.24, 2.45) is 0 Å². The normalized spacial score (nSPS) is 22.9. The molecule has 1 atom stereocenters. The van der Waals surface area contributed by atoms with Gasteiger partial charge in [-0.15, -0.1) is 11.3 Å². The van der Waals surface area contributed by atoms with Crippen LogP contribution in [0.5, 0.6) is 0 Å². The van der Waals surface area contributed by atoms with Crippen molar-refractivity contribution in [3.05, 3.63) is 70.4 Å². The van der Waals surface area contributed by atoms with Crippen LogP contribution in [0.2, 0.25) is 0 Å². The van der Waals surface area contributed by atoms with Crippen molar-refractivity contribution < 1.29 is 9.59 Å². The number of benzene rings is 2. The lowest BCUT2D eigenvalue weighted by Gasteiger charge is -2.35. The average Bonchev–Trinajstić information content (AvgIpc) is 3.37. The Morgan fingerprint density at radius 2 is 1.68 bits per heavy atom. The highest BCUT2D eigenvalue weighted by molar-refractivity contribution is 7.09. The molecular weight excluding hydrogens is 408 g/mol. The first-order valence-corrected chi connectivity index (χ1v) is 11.5. The zero-order valence-electron chi connectivity index (χ0n) is 17.6. The van der Waals surface area contributed by atoms with E-state index in [0.29, 0.717) is 6.67 Å². The monoisotopic (exact) mass is 434 g/mol. The van der Waals surface area contributed by atoms with Crippen molar-refractivity contribution in [3.8, 4) is 0 Å². The molecule has 5 rings (SSSR count). The molecular formula is C24H26N4O2S. The largest absolute Gasteiger partial charge is 0.326 e. The van der Waals surface area contributed by atoms with Gasteiger partial charge in [-0.25, -0.2) is 9.69 Å². The third kappa shape index (κ3) is 3.84. The molecule has 3 heterocycles. The number of piperazine rings is 1. The molecule has 2 aliphatic rings. The molecule has 2 saturated heterocycles. The van der Waals surface area contributed by atoms with Crippen LogP contribution in [0, 0.1) is 0 Å². The van der Waals surface area contributed by atoms with E-state index in [1.165, 1.54) is 9.78 Å². The second-order valence-electron chi connectivity index (χ2n) is 8.47. The lowest BCUT2D eigenvalue weighted by molar-refractivity contribution is -0.132. The predicted octanol–water partition coefficient (Wildman–Crippen LogP) is 3.44. The number of amides is 3. The number of hydrogen-bond donors (Lipinski definition) is 1. The molecule has 7 heteroatoms. The van der Waals surface area contributed by atoms with Crippen LogP contribution in [0.4, 0.5) is 4.79 Å². The van der Waals surface area contributed by atoms with Crippen molar-refractivity contribution in [1.29, 1.82) is 0 Å². The lowest BCUT2D eigenvalue weighted by Crippen LogP contribution is -2.51. The number of urea groups is 1. The predicted molar refractivity (Wildman–Crippen MR) is 123 cm³/mol. The fourth-order valence-electron chi connectivity index (χ4n) is 4.43. The molecule has 1 N–H and O–H groups in total. The van der Waals surface area contributed by atoms with Crippen LogP contribution in [0.15, 0.2) is 60.0 Å². The van der Waals surface area contributed by atoms with Gasteiger partial charge in [0.15, 0.2) is 0 Å². The van der Waals surface area contributed by atoms with E-state index < -0.39 is 5.54 Å². The van der Waals surface area contributed by atoms with E-state index >= 15 is 0 Å². The van der Waals surface area contributed by atoms with Gasteiger partial charge in [0.25, 0.3) is 5.91 Å².